The van der Waals surface area contributed by atoms with E-state index in [2.05, 4.69) is 10.4 Å². The zero-order chi connectivity index (χ0) is 23.4. The van der Waals surface area contributed by atoms with E-state index >= 15 is 0 Å². The van der Waals surface area contributed by atoms with E-state index in [0.717, 1.165) is 21.8 Å². The largest absolute Gasteiger partial charge is 0.497 e. The van der Waals surface area contributed by atoms with Crippen molar-refractivity contribution in [3.8, 4) is 27.6 Å². The fourth-order valence-corrected chi connectivity index (χ4v) is 4.32. The zero-order valence-electron chi connectivity index (χ0n) is 18.6. The number of amides is 1. The van der Waals surface area contributed by atoms with Gasteiger partial charge in [-0.3, -0.25) is 9.59 Å². The van der Waals surface area contributed by atoms with Crippen LogP contribution in [0.15, 0.2) is 71.5 Å². The molecule has 0 bridgehead atoms. The minimum absolute atomic E-state index is 0.0748. The number of ether oxygens (including phenoxy) is 1. The Morgan fingerprint density at radius 1 is 1.06 bits per heavy atom. The van der Waals surface area contributed by atoms with Crippen LogP contribution in [0, 0.1) is 0 Å². The zero-order valence-corrected chi connectivity index (χ0v) is 19.4. The first-order chi connectivity index (χ1) is 15.9. The van der Waals surface area contributed by atoms with E-state index in [-0.39, 0.29) is 23.9 Å². The molecule has 1 N–H and O–H groups in total. The van der Waals surface area contributed by atoms with Crippen LogP contribution in [0.1, 0.15) is 25.5 Å². The van der Waals surface area contributed by atoms with E-state index in [0.29, 0.717) is 16.5 Å². The van der Waals surface area contributed by atoms with E-state index in [1.165, 1.54) is 22.1 Å². The number of benzene rings is 2. The number of hydrogen-bond donors (Lipinski definition) is 1. The topological polar surface area (TPSA) is 86.1 Å². The Bertz CT molecular complexity index is 1310. The molecule has 0 saturated carbocycles. The van der Waals surface area contributed by atoms with Gasteiger partial charge in [-0.15, -0.1) is 0 Å². The lowest BCUT2D eigenvalue weighted by molar-refractivity contribution is -0.115. The van der Waals surface area contributed by atoms with Crippen molar-refractivity contribution < 1.29 is 9.53 Å². The number of thiazole rings is 1. The summed E-state index contributed by atoms with van der Waals surface area (Å²) < 4.78 is 6.61. The smallest absolute Gasteiger partial charge is 0.267 e. The number of hydrogen-bond acceptors (Lipinski definition) is 6. The first-order valence-corrected chi connectivity index (χ1v) is 11.4. The molecule has 0 aliphatic heterocycles. The molecule has 0 aliphatic rings. The van der Waals surface area contributed by atoms with E-state index in [1.54, 1.807) is 13.2 Å². The summed E-state index contributed by atoms with van der Waals surface area (Å²) in [6.07, 6.45) is 0.218. The Balaban J connectivity index is 1.66. The summed E-state index contributed by atoms with van der Waals surface area (Å²) in [5, 5.41) is 7.94. The van der Waals surface area contributed by atoms with Crippen LogP contribution in [0.3, 0.4) is 0 Å². The van der Waals surface area contributed by atoms with Gasteiger partial charge in [0, 0.05) is 11.6 Å². The van der Waals surface area contributed by atoms with Crippen LogP contribution < -0.4 is 15.6 Å². The summed E-state index contributed by atoms with van der Waals surface area (Å²) in [4.78, 5) is 30.4. The highest BCUT2D eigenvalue weighted by molar-refractivity contribution is 7.19. The van der Waals surface area contributed by atoms with Crippen molar-refractivity contribution in [3.63, 3.8) is 0 Å². The first-order valence-electron chi connectivity index (χ1n) is 10.5. The van der Waals surface area contributed by atoms with Gasteiger partial charge in [-0.25, -0.2) is 9.67 Å². The molecular formula is C25H24N4O3S. The van der Waals surface area contributed by atoms with Crippen molar-refractivity contribution >= 4 is 22.4 Å². The lowest BCUT2D eigenvalue weighted by Gasteiger charge is -2.09. The van der Waals surface area contributed by atoms with Crippen molar-refractivity contribution in [1.29, 1.82) is 0 Å². The van der Waals surface area contributed by atoms with Crippen LogP contribution in [0.4, 0.5) is 5.13 Å². The molecule has 0 atom stereocenters. The lowest BCUT2D eigenvalue weighted by atomic mass is 10.1. The molecule has 0 radical (unpaired) electrons. The number of methoxy groups -OCH3 is 1. The summed E-state index contributed by atoms with van der Waals surface area (Å²) in [5.74, 6) is 0.576. The molecule has 0 spiro atoms. The summed E-state index contributed by atoms with van der Waals surface area (Å²) in [6, 6.07) is 20.2. The molecular weight excluding hydrogens is 436 g/mol. The Morgan fingerprint density at radius 3 is 2.45 bits per heavy atom. The van der Waals surface area contributed by atoms with Gasteiger partial charge in [0.1, 0.15) is 11.4 Å². The number of rotatable bonds is 7. The van der Waals surface area contributed by atoms with Gasteiger partial charge >= 0.3 is 0 Å². The second-order valence-corrected chi connectivity index (χ2v) is 8.73. The van der Waals surface area contributed by atoms with Crippen LogP contribution in [0.2, 0.25) is 0 Å². The predicted octanol–water partition coefficient (Wildman–Crippen LogP) is 4.80. The maximum atomic E-state index is 12.7. The quantitative estimate of drug-likeness (QED) is 0.428. The third-order valence-electron chi connectivity index (χ3n) is 4.99. The number of carbonyl (C=O) groups excluding carboxylic acids is 1. The van der Waals surface area contributed by atoms with Gasteiger partial charge in [0.15, 0.2) is 5.13 Å². The number of anilines is 1. The molecule has 2 aromatic heterocycles. The molecule has 0 unspecified atom stereocenters. The Labute approximate surface area is 195 Å². The highest BCUT2D eigenvalue weighted by atomic mass is 32.1. The SMILES string of the molecule is COc1ccc(CC(=O)Nc2nc(-c3ccccc3)c(-c3ccc(=O)n(C(C)C)n3)s2)cc1. The number of aromatic nitrogens is 3. The van der Waals surface area contributed by atoms with E-state index < -0.39 is 0 Å². The molecule has 8 heteroatoms. The second kappa shape index (κ2) is 9.79. The summed E-state index contributed by atoms with van der Waals surface area (Å²) >= 11 is 1.34. The highest BCUT2D eigenvalue weighted by Crippen LogP contribution is 2.38. The van der Waals surface area contributed by atoms with Crippen molar-refractivity contribution in [1.82, 2.24) is 14.8 Å². The normalized spacial score (nSPS) is 10.9. The maximum absolute atomic E-state index is 12.7. The average Bonchev–Trinajstić information content (AvgIpc) is 3.23. The summed E-state index contributed by atoms with van der Waals surface area (Å²) in [7, 11) is 1.61. The van der Waals surface area contributed by atoms with Gasteiger partial charge in [-0.2, -0.15) is 5.10 Å². The third-order valence-corrected chi connectivity index (χ3v) is 5.98. The lowest BCUT2D eigenvalue weighted by Crippen LogP contribution is -2.23. The van der Waals surface area contributed by atoms with Gasteiger partial charge in [0.25, 0.3) is 5.56 Å². The summed E-state index contributed by atoms with van der Waals surface area (Å²) in [6.45, 7) is 3.82. The Morgan fingerprint density at radius 2 is 1.79 bits per heavy atom. The molecule has 1 amide bonds. The fourth-order valence-electron chi connectivity index (χ4n) is 3.35. The molecule has 33 heavy (non-hydrogen) atoms. The number of nitrogens with one attached hydrogen (secondary N) is 1. The average molecular weight is 461 g/mol. The van der Waals surface area contributed by atoms with Crippen molar-refractivity contribution in [3.05, 3.63) is 82.6 Å². The molecule has 0 saturated heterocycles. The Hall–Kier alpha value is -3.78. The minimum atomic E-state index is -0.166. The monoisotopic (exact) mass is 460 g/mol. The molecule has 2 heterocycles. The molecule has 168 valence electrons. The predicted molar refractivity (Wildman–Crippen MR) is 131 cm³/mol. The Kier molecular flexibility index (Phi) is 6.65. The first kappa shape index (κ1) is 22.4. The summed E-state index contributed by atoms with van der Waals surface area (Å²) in [5.41, 5.74) is 2.96. The number of carbonyl (C=O) groups is 1. The molecule has 0 fully saturated rings. The van der Waals surface area contributed by atoms with Gasteiger partial charge < -0.3 is 10.1 Å². The van der Waals surface area contributed by atoms with Crippen LogP contribution in [0.25, 0.3) is 21.8 Å². The van der Waals surface area contributed by atoms with Crippen molar-refractivity contribution in [2.45, 2.75) is 26.3 Å². The molecule has 2 aromatic carbocycles. The fraction of sp³-hybridized carbons (Fsp3) is 0.200. The van der Waals surface area contributed by atoms with Crippen LogP contribution in [-0.4, -0.2) is 27.8 Å². The van der Waals surface area contributed by atoms with Gasteiger partial charge in [-0.1, -0.05) is 53.8 Å². The van der Waals surface area contributed by atoms with Gasteiger partial charge in [0.2, 0.25) is 5.91 Å². The van der Waals surface area contributed by atoms with Gasteiger partial charge in [0.05, 0.1) is 30.1 Å². The van der Waals surface area contributed by atoms with Gasteiger partial charge in [-0.05, 0) is 37.6 Å². The third kappa shape index (κ3) is 5.18. The van der Waals surface area contributed by atoms with Crippen molar-refractivity contribution in [2.24, 2.45) is 0 Å². The van der Waals surface area contributed by atoms with E-state index in [9.17, 15) is 9.59 Å². The van der Waals surface area contributed by atoms with Crippen molar-refractivity contribution in [2.75, 3.05) is 12.4 Å². The molecule has 7 nitrogen and oxygen atoms in total. The standard InChI is InChI=1S/C25H24N4O3S/c1-16(2)29-22(31)14-13-20(28-29)24-23(18-7-5-4-6-8-18)27-25(33-24)26-21(30)15-17-9-11-19(32-3)12-10-17/h4-14,16H,15H2,1-3H3,(H,26,27,30). The maximum Gasteiger partial charge on any atom is 0.267 e. The van der Waals surface area contributed by atoms with Crippen LogP contribution in [0.5, 0.6) is 5.75 Å². The second-order valence-electron chi connectivity index (χ2n) is 7.73. The molecule has 0 aliphatic carbocycles. The minimum Gasteiger partial charge on any atom is -0.497 e. The molecule has 4 rings (SSSR count). The molecule has 4 aromatic rings. The highest BCUT2D eigenvalue weighted by Gasteiger charge is 2.19. The van der Waals surface area contributed by atoms with E-state index in [1.807, 2.05) is 68.4 Å². The van der Waals surface area contributed by atoms with Crippen LogP contribution in [-0.2, 0) is 11.2 Å². The number of nitrogens with zero attached hydrogens (tertiary/aromatic N) is 3. The van der Waals surface area contributed by atoms with E-state index in [4.69, 9.17) is 9.72 Å². The van der Waals surface area contributed by atoms with Crippen LogP contribution >= 0.6 is 11.3 Å².